The molecule has 2 aromatic rings. The first-order valence-corrected chi connectivity index (χ1v) is 6.97. The van der Waals surface area contributed by atoms with Gasteiger partial charge in [-0.2, -0.15) is 0 Å². The second-order valence-corrected chi connectivity index (χ2v) is 5.19. The van der Waals surface area contributed by atoms with Crippen molar-refractivity contribution in [3.63, 3.8) is 0 Å². The number of carbonyl (C=O) groups is 1. The fourth-order valence-corrected chi connectivity index (χ4v) is 2.07. The number of carbonyl (C=O) groups excluding carboxylic acids is 1. The van der Waals surface area contributed by atoms with Crippen LogP contribution in [0.5, 0.6) is 0 Å². The lowest BCUT2D eigenvalue weighted by Gasteiger charge is -2.12. The Kier molecular flexibility index (Phi) is 5.23. The van der Waals surface area contributed by atoms with Gasteiger partial charge in [-0.1, -0.05) is 6.07 Å². The van der Waals surface area contributed by atoms with Crippen LogP contribution in [-0.2, 0) is 6.42 Å². The van der Waals surface area contributed by atoms with Gasteiger partial charge in [0.2, 0.25) is 0 Å². The van der Waals surface area contributed by atoms with Gasteiger partial charge < -0.3 is 15.4 Å². The maximum atomic E-state index is 13.5. The van der Waals surface area contributed by atoms with E-state index in [-0.39, 0.29) is 24.1 Å². The Morgan fingerprint density at radius 1 is 1.30 bits per heavy atom. The highest BCUT2D eigenvalue weighted by Gasteiger charge is 2.14. The fraction of sp³-hybridized carbons (Fsp3) is 0.250. The van der Waals surface area contributed by atoms with E-state index in [0.29, 0.717) is 5.69 Å². The summed E-state index contributed by atoms with van der Waals surface area (Å²) in [6, 6.07) is 6.03. The largest absolute Gasteiger partial charge is 0.391 e. The van der Waals surface area contributed by atoms with E-state index >= 15 is 0 Å². The first-order valence-electron chi connectivity index (χ1n) is 6.97. The number of nitrogens with one attached hydrogen (secondary N) is 2. The number of benzene rings is 1. The van der Waals surface area contributed by atoms with Crippen LogP contribution in [0.15, 0.2) is 35.1 Å². The third-order valence-electron chi connectivity index (χ3n) is 3.27. The van der Waals surface area contributed by atoms with E-state index in [9.17, 15) is 23.5 Å². The Hall–Kier alpha value is -2.54. The molecule has 122 valence electrons. The van der Waals surface area contributed by atoms with E-state index in [1.165, 1.54) is 12.1 Å². The van der Waals surface area contributed by atoms with E-state index in [4.69, 9.17) is 0 Å². The highest BCUT2D eigenvalue weighted by atomic mass is 19.1. The zero-order valence-electron chi connectivity index (χ0n) is 12.4. The smallest absolute Gasteiger partial charge is 0.260 e. The number of pyridine rings is 1. The summed E-state index contributed by atoms with van der Waals surface area (Å²) in [5.74, 6) is -2.09. The van der Waals surface area contributed by atoms with Gasteiger partial charge in [0.1, 0.15) is 17.2 Å². The molecule has 0 radical (unpaired) electrons. The summed E-state index contributed by atoms with van der Waals surface area (Å²) >= 11 is 0. The van der Waals surface area contributed by atoms with Crippen LogP contribution in [0.25, 0.3) is 0 Å². The fourth-order valence-electron chi connectivity index (χ4n) is 2.07. The Labute approximate surface area is 131 Å². The van der Waals surface area contributed by atoms with Crippen molar-refractivity contribution in [1.82, 2.24) is 10.3 Å². The van der Waals surface area contributed by atoms with E-state index in [2.05, 4.69) is 10.3 Å². The number of aliphatic hydroxyl groups is 1. The molecule has 0 saturated heterocycles. The average Bonchev–Trinajstić information content (AvgIpc) is 2.48. The third kappa shape index (κ3) is 4.46. The maximum absolute atomic E-state index is 13.5. The van der Waals surface area contributed by atoms with Crippen LogP contribution < -0.4 is 10.9 Å². The van der Waals surface area contributed by atoms with Crippen molar-refractivity contribution in [2.45, 2.75) is 19.4 Å². The Morgan fingerprint density at radius 3 is 2.70 bits per heavy atom. The molecule has 1 aromatic heterocycles. The molecular weight excluding hydrogens is 306 g/mol. The van der Waals surface area contributed by atoms with Crippen LogP contribution in [0.1, 0.15) is 21.6 Å². The molecule has 0 aliphatic rings. The normalized spacial score (nSPS) is 12.0. The lowest BCUT2D eigenvalue weighted by molar-refractivity contribution is 0.0914. The molecule has 1 amide bonds. The summed E-state index contributed by atoms with van der Waals surface area (Å²) in [5.41, 5.74) is 0.164. The number of aliphatic hydroxyl groups excluding tert-OH is 1. The summed E-state index contributed by atoms with van der Waals surface area (Å²) in [7, 11) is 0. The average molecular weight is 322 g/mol. The molecule has 23 heavy (non-hydrogen) atoms. The lowest BCUT2D eigenvalue weighted by Crippen LogP contribution is -2.36. The summed E-state index contributed by atoms with van der Waals surface area (Å²) in [6.07, 6.45) is -1.15. The number of H-pyrrole nitrogens is 1. The predicted molar refractivity (Wildman–Crippen MR) is 80.2 cm³/mol. The van der Waals surface area contributed by atoms with Crippen LogP contribution in [0, 0.1) is 18.6 Å². The molecule has 1 aromatic carbocycles. The molecule has 0 saturated carbocycles. The van der Waals surface area contributed by atoms with Crippen molar-refractivity contribution in [2.24, 2.45) is 0 Å². The van der Waals surface area contributed by atoms with Gasteiger partial charge in [-0.15, -0.1) is 0 Å². The van der Waals surface area contributed by atoms with E-state index in [1.54, 1.807) is 13.0 Å². The van der Waals surface area contributed by atoms with E-state index < -0.39 is 29.2 Å². The SMILES string of the molecule is Cc1ccc(C(=O)NC[C@H](O)Cc2ccc(F)cc2F)c(=O)[nH]1. The molecule has 0 fully saturated rings. The summed E-state index contributed by atoms with van der Waals surface area (Å²) in [6.45, 7) is 1.52. The predicted octanol–water partition coefficient (Wildman–Crippen LogP) is 1.29. The van der Waals surface area contributed by atoms with Crippen LogP contribution in [0.2, 0.25) is 0 Å². The van der Waals surface area contributed by atoms with Crippen molar-refractivity contribution < 1.29 is 18.7 Å². The first-order chi connectivity index (χ1) is 10.9. The first kappa shape index (κ1) is 16.8. The molecule has 0 bridgehead atoms. The minimum atomic E-state index is -1.07. The maximum Gasteiger partial charge on any atom is 0.260 e. The van der Waals surface area contributed by atoms with Crippen molar-refractivity contribution in [3.05, 3.63) is 69.1 Å². The van der Waals surface area contributed by atoms with Gasteiger partial charge in [0.05, 0.1) is 6.10 Å². The molecule has 2 rings (SSSR count). The van der Waals surface area contributed by atoms with E-state index in [1.807, 2.05) is 0 Å². The van der Waals surface area contributed by atoms with Gasteiger partial charge in [0, 0.05) is 24.7 Å². The summed E-state index contributed by atoms with van der Waals surface area (Å²) in [4.78, 5) is 26.0. The van der Waals surface area contributed by atoms with Crippen molar-refractivity contribution in [2.75, 3.05) is 6.54 Å². The van der Waals surface area contributed by atoms with Gasteiger partial charge in [0.25, 0.3) is 11.5 Å². The minimum absolute atomic E-state index is 0.0734. The highest BCUT2D eigenvalue weighted by Crippen LogP contribution is 2.11. The monoisotopic (exact) mass is 322 g/mol. The standard InChI is InChI=1S/C16H16F2N2O3/c1-9-2-5-13(16(23)20-9)15(22)19-8-12(21)6-10-3-4-11(17)7-14(10)18/h2-5,7,12,21H,6,8H2,1H3,(H,19,22)(H,20,23)/t12-/m1/s1. The topological polar surface area (TPSA) is 82.2 Å². The molecule has 0 unspecified atom stereocenters. The molecule has 3 N–H and O–H groups in total. The number of halogens is 2. The summed E-state index contributed by atoms with van der Waals surface area (Å²) < 4.78 is 26.3. The van der Waals surface area contributed by atoms with Gasteiger partial charge in [-0.25, -0.2) is 8.78 Å². The van der Waals surface area contributed by atoms with Crippen molar-refractivity contribution in [3.8, 4) is 0 Å². The number of hydrogen-bond donors (Lipinski definition) is 3. The number of aryl methyl sites for hydroxylation is 1. The zero-order chi connectivity index (χ0) is 17.0. The van der Waals surface area contributed by atoms with Gasteiger partial charge in [-0.05, 0) is 30.7 Å². The molecule has 1 atom stereocenters. The van der Waals surface area contributed by atoms with E-state index in [0.717, 1.165) is 12.1 Å². The molecule has 7 heteroatoms. The molecule has 0 aliphatic carbocycles. The Morgan fingerprint density at radius 2 is 2.04 bits per heavy atom. The molecule has 0 aliphatic heterocycles. The van der Waals surface area contributed by atoms with Gasteiger partial charge in [0.15, 0.2) is 0 Å². The molecule has 0 spiro atoms. The second kappa shape index (κ2) is 7.15. The van der Waals surface area contributed by atoms with Crippen molar-refractivity contribution in [1.29, 1.82) is 0 Å². The second-order valence-electron chi connectivity index (χ2n) is 5.19. The Bertz CT molecular complexity index is 774. The minimum Gasteiger partial charge on any atom is -0.391 e. The van der Waals surface area contributed by atoms with Crippen molar-refractivity contribution >= 4 is 5.91 Å². The van der Waals surface area contributed by atoms with Gasteiger partial charge >= 0.3 is 0 Å². The third-order valence-corrected chi connectivity index (χ3v) is 3.27. The number of rotatable bonds is 5. The Balaban J connectivity index is 1.94. The highest BCUT2D eigenvalue weighted by molar-refractivity contribution is 5.93. The molecule has 1 heterocycles. The van der Waals surface area contributed by atoms with Gasteiger partial charge in [-0.3, -0.25) is 9.59 Å². The van der Waals surface area contributed by atoms with Crippen LogP contribution in [-0.4, -0.2) is 28.6 Å². The molecular formula is C16H16F2N2O3. The van der Waals surface area contributed by atoms with Crippen LogP contribution in [0.3, 0.4) is 0 Å². The molecule has 5 nitrogen and oxygen atoms in total. The van der Waals surface area contributed by atoms with Crippen LogP contribution >= 0.6 is 0 Å². The number of hydrogen-bond acceptors (Lipinski definition) is 3. The summed E-state index contributed by atoms with van der Waals surface area (Å²) in [5, 5.41) is 12.2. The zero-order valence-corrected chi connectivity index (χ0v) is 12.4. The quantitative estimate of drug-likeness (QED) is 0.776. The number of aromatic amines is 1. The number of aromatic nitrogens is 1. The van der Waals surface area contributed by atoms with Crippen LogP contribution in [0.4, 0.5) is 8.78 Å². The lowest BCUT2D eigenvalue weighted by atomic mass is 10.1. The number of amides is 1.